The first-order valence-electron chi connectivity index (χ1n) is 8.26. The van der Waals surface area contributed by atoms with E-state index in [4.69, 9.17) is 22.7 Å². The predicted octanol–water partition coefficient (Wildman–Crippen LogP) is 3.50. The van der Waals surface area contributed by atoms with E-state index in [-0.39, 0.29) is 10.9 Å². The van der Waals surface area contributed by atoms with Gasteiger partial charge in [-0.2, -0.15) is 0 Å². The normalized spacial score (nSPS) is 10.2. The highest BCUT2D eigenvalue weighted by atomic mass is 32.1. The highest BCUT2D eigenvalue weighted by molar-refractivity contribution is 7.80. The number of halogens is 1. The second-order valence-electron chi connectivity index (χ2n) is 5.58. The van der Waals surface area contributed by atoms with Crippen molar-refractivity contribution in [2.75, 3.05) is 17.7 Å². The Morgan fingerprint density at radius 3 is 2.77 bits per heavy atom. The van der Waals surface area contributed by atoms with Gasteiger partial charge in [-0.15, -0.1) is 0 Å². The minimum Gasteiger partial charge on any atom is -0.491 e. The van der Waals surface area contributed by atoms with Gasteiger partial charge in [-0.1, -0.05) is 19.8 Å². The molecular weight excluding hydrogens is 355 g/mol. The van der Waals surface area contributed by atoms with Crippen LogP contribution in [0.25, 0.3) is 0 Å². The van der Waals surface area contributed by atoms with Gasteiger partial charge in [0.2, 0.25) is 0 Å². The molecule has 0 aliphatic carbocycles. The van der Waals surface area contributed by atoms with E-state index in [9.17, 15) is 9.18 Å². The number of hydrogen-bond donors (Lipinski definition) is 3. The molecule has 2 aromatic rings. The number of unbranched alkanes of at least 4 members (excludes halogenated alkanes) is 2. The van der Waals surface area contributed by atoms with Crippen LogP contribution in [0.3, 0.4) is 0 Å². The zero-order chi connectivity index (χ0) is 18.9. The van der Waals surface area contributed by atoms with Crippen molar-refractivity contribution in [2.45, 2.75) is 26.2 Å². The lowest BCUT2D eigenvalue weighted by atomic mass is 10.2. The fourth-order valence-electron chi connectivity index (χ4n) is 2.11. The summed E-state index contributed by atoms with van der Waals surface area (Å²) < 4.78 is 19.5. The molecule has 0 radical (unpaired) electrons. The number of hydrogen-bond acceptors (Lipinski definition) is 5. The highest BCUT2D eigenvalue weighted by Crippen LogP contribution is 2.21. The second kappa shape index (κ2) is 9.67. The van der Waals surface area contributed by atoms with E-state index >= 15 is 0 Å². The van der Waals surface area contributed by atoms with E-state index in [2.05, 4.69) is 22.5 Å². The minimum absolute atomic E-state index is 0.0443. The number of carbonyl (C=O) groups is 1. The van der Waals surface area contributed by atoms with Crippen LogP contribution in [0.2, 0.25) is 0 Å². The molecule has 1 aromatic heterocycles. The maximum absolute atomic E-state index is 14.1. The Morgan fingerprint density at radius 2 is 2.12 bits per heavy atom. The molecule has 0 fully saturated rings. The van der Waals surface area contributed by atoms with E-state index in [1.54, 1.807) is 6.07 Å². The van der Waals surface area contributed by atoms with Gasteiger partial charge in [0.15, 0.2) is 16.7 Å². The maximum atomic E-state index is 14.1. The number of carbonyl (C=O) groups excluding carboxylic acids is 1. The van der Waals surface area contributed by atoms with Gasteiger partial charge in [0.05, 0.1) is 12.2 Å². The van der Waals surface area contributed by atoms with Crippen LogP contribution >= 0.6 is 12.2 Å². The molecule has 0 bridgehead atoms. The number of benzene rings is 1. The number of nitrogens with zero attached hydrogens (tertiary/aromatic N) is 1. The smallest absolute Gasteiger partial charge is 0.258 e. The van der Waals surface area contributed by atoms with E-state index in [0.29, 0.717) is 23.7 Å². The highest BCUT2D eigenvalue weighted by Gasteiger charge is 2.10. The van der Waals surface area contributed by atoms with Crippen molar-refractivity contribution in [3.05, 3.63) is 47.9 Å². The molecule has 2 rings (SSSR count). The van der Waals surface area contributed by atoms with Crippen LogP contribution in [-0.4, -0.2) is 22.6 Å². The Hall–Kier alpha value is -2.74. The summed E-state index contributed by atoms with van der Waals surface area (Å²) in [6, 6.07) is 7.46. The van der Waals surface area contributed by atoms with E-state index in [1.165, 1.54) is 30.5 Å². The average Bonchev–Trinajstić information content (AvgIpc) is 2.60. The van der Waals surface area contributed by atoms with Crippen LogP contribution in [0.4, 0.5) is 15.9 Å². The summed E-state index contributed by atoms with van der Waals surface area (Å²) in [6.45, 7) is 2.56. The Morgan fingerprint density at radius 1 is 1.31 bits per heavy atom. The zero-order valence-electron chi connectivity index (χ0n) is 14.4. The lowest BCUT2D eigenvalue weighted by Gasteiger charge is -2.11. The lowest BCUT2D eigenvalue weighted by molar-refractivity contribution is 0.0977. The van der Waals surface area contributed by atoms with Crippen LogP contribution in [0.1, 0.15) is 36.5 Å². The van der Waals surface area contributed by atoms with Crippen LogP contribution in [0, 0.1) is 5.82 Å². The van der Waals surface area contributed by atoms with Gasteiger partial charge in [-0.25, -0.2) is 9.37 Å². The quantitative estimate of drug-likeness (QED) is 0.506. The number of ether oxygens (including phenoxy) is 1. The Bertz CT molecular complexity index is 768. The lowest BCUT2D eigenvalue weighted by Crippen LogP contribution is -2.34. The van der Waals surface area contributed by atoms with Crippen molar-refractivity contribution in [3.63, 3.8) is 0 Å². The molecule has 6 nitrogen and oxygen atoms in total. The molecule has 0 aliphatic heterocycles. The van der Waals surface area contributed by atoms with Gasteiger partial charge in [-0.3, -0.25) is 10.1 Å². The fraction of sp³-hybridized carbons (Fsp3) is 0.278. The molecule has 1 amide bonds. The molecule has 0 atom stereocenters. The summed E-state index contributed by atoms with van der Waals surface area (Å²) in [5.41, 5.74) is 6.19. The molecule has 0 saturated heterocycles. The Labute approximate surface area is 157 Å². The molecule has 26 heavy (non-hydrogen) atoms. The number of thiocarbonyl (C=S) groups is 1. The summed E-state index contributed by atoms with van der Waals surface area (Å²) >= 11 is 5.07. The summed E-state index contributed by atoms with van der Waals surface area (Å²) in [6.07, 6.45) is 4.34. The maximum Gasteiger partial charge on any atom is 0.258 e. The van der Waals surface area contributed by atoms with Crippen molar-refractivity contribution in [1.82, 2.24) is 10.3 Å². The third-order valence-corrected chi connectivity index (χ3v) is 3.67. The Balaban J connectivity index is 1.89. The Kier molecular flexibility index (Phi) is 7.28. The summed E-state index contributed by atoms with van der Waals surface area (Å²) in [7, 11) is 0. The van der Waals surface area contributed by atoms with E-state index in [1.807, 2.05) is 0 Å². The van der Waals surface area contributed by atoms with Gasteiger partial charge in [-0.05, 0) is 42.9 Å². The van der Waals surface area contributed by atoms with Crippen LogP contribution in [-0.2, 0) is 0 Å². The topological polar surface area (TPSA) is 89.3 Å². The standard InChI is InChI=1S/C18H21FN4O2S/c1-2-3-4-9-25-15-7-6-13(10-14(15)19)22-18(26)23-17(24)12-5-8-16(20)21-11-12/h5-8,10-11H,2-4,9H2,1H3,(H2,20,21)(H2,22,23,24,26). The van der Waals surface area contributed by atoms with Crippen LogP contribution in [0.5, 0.6) is 5.75 Å². The van der Waals surface area contributed by atoms with Crippen LogP contribution in [0.15, 0.2) is 36.5 Å². The molecular formula is C18H21FN4O2S. The third kappa shape index (κ3) is 5.96. The number of anilines is 2. The van der Waals surface area contributed by atoms with Crippen molar-refractivity contribution in [3.8, 4) is 5.75 Å². The fourth-order valence-corrected chi connectivity index (χ4v) is 2.32. The van der Waals surface area contributed by atoms with Crippen molar-refractivity contribution < 1.29 is 13.9 Å². The molecule has 8 heteroatoms. The van der Waals surface area contributed by atoms with Gasteiger partial charge in [0, 0.05) is 18.0 Å². The summed E-state index contributed by atoms with van der Waals surface area (Å²) in [5.74, 6) is -0.431. The first kappa shape index (κ1) is 19.6. The summed E-state index contributed by atoms with van der Waals surface area (Å²) in [5, 5.41) is 5.29. The van der Waals surface area contributed by atoms with Gasteiger partial charge in [0.1, 0.15) is 5.82 Å². The molecule has 1 heterocycles. The monoisotopic (exact) mass is 376 g/mol. The molecule has 0 spiro atoms. The summed E-state index contributed by atoms with van der Waals surface area (Å²) in [4.78, 5) is 15.9. The SMILES string of the molecule is CCCCCOc1ccc(NC(=S)NC(=O)c2ccc(N)nc2)cc1F. The molecule has 1 aromatic carbocycles. The number of aromatic nitrogens is 1. The number of nitrogen functional groups attached to an aromatic ring is 1. The molecule has 0 unspecified atom stereocenters. The number of nitrogens with one attached hydrogen (secondary N) is 2. The molecule has 0 saturated carbocycles. The van der Waals surface area contributed by atoms with Gasteiger partial charge < -0.3 is 15.8 Å². The van der Waals surface area contributed by atoms with Crippen molar-refractivity contribution in [1.29, 1.82) is 0 Å². The van der Waals surface area contributed by atoms with Crippen LogP contribution < -0.4 is 21.1 Å². The zero-order valence-corrected chi connectivity index (χ0v) is 15.2. The van der Waals surface area contributed by atoms with Crippen molar-refractivity contribution >= 4 is 34.7 Å². The number of amides is 1. The van der Waals surface area contributed by atoms with E-state index < -0.39 is 11.7 Å². The van der Waals surface area contributed by atoms with Gasteiger partial charge >= 0.3 is 0 Å². The first-order chi connectivity index (χ1) is 12.5. The number of rotatable bonds is 7. The van der Waals surface area contributed by atoms with Gasteiger partial charge in [0.25, 0.3) is 5.91 Å². The molecule has 138 valence electrons. The predicted molar refractivity (Wildman–Crippen MR) is 104 cm³/mol. The third-order valence-electron chi connectivity index (χ3n) is 3.47. The molecule has 0 aliphatic rings. The first-order valence-corrected chi connectivity index (χ1v) is 8.66. The van der Waals surface area contributed by atoms with Crippen molar-refractivity contribution in [2.24, 2.45) is 0 Å². The number of nitrogens with two attached hydrogens (primary N) is 1. The van der Waals surface area contributed by atoms with E-state index in [0.717, 1.165) is 19.3 Å². The minimum atomic E-state index is -0.497. The second-order valence-corrected chi connectivity index (χ2v) is 5.99. The largest absolute Gasteiger partial charge is 0.491 e. The number of pyridine rings is 1. The average molecular weight is 376 g/mol. The molecule has 4 N–H and O–H groups in total.